The first-order chi connectivity index (χ1) is 4.86. The highest BCUT2D eigenvalue weighted by molar-refractivity contribution is 5.85. The van der Waals surface area contributed by atoms with Gasteiger partial charge in [0.25, 0.3) is 0 Å². The van der Waals surface area contributed by atoms with Crippen molar-refractivity contribution in [3.63, 3.8) is 0 Å². The van der Waals surface area contributed by atoms with Gasteiger partial charge in [-0.25, -0.2) is 0 Å². The molecule has 0 aromatic heterocycles. The molecule has 2 aliphatic rings. The Balaban J connectivity index is 0.000000605. The third-order valence-corrected chi connectivity index (χ3v) is 2.29. The summed E-state index contributed by atoms with van der Waals surface area (Å²) in [5.74, 6) is 0. The van der Waals surface area contributed by atoms with Gasteiger partial charge in [0.2, 0.25) is 0 Å². The lowest BCUT2D eigenvalue weighted by molar-refractivity contribution is 0.0184. The minimum atomic E-state index is 0. The summed E-state index contributed by atoms with van der Waals surface area (Å²) >= 11 is 0. The molecule has 0 bridgehead atoms. The summed E-state index contributed by atoms with van der Waals surface area (Å²) in [5, 5.41) is 3.44. The van der Waals surface area contributed by atoms with Gasteiger partial charge >= 0.3 is 0 Å². The molecule has 5 heteroatoms. The van der Waals surface area contributed by atoms with Crippen molar-refractivity contribution in [2.45, 2.75) is 12.1 Å². The summed E-state index contributed by atoms with van der Waals surface area (Å²) in [7, 11) is 2.14. The Bertz CT molecular complexity index is 123. The molecular weight excluding hydrogens is 199 g/mol. The fraction of sp³-hybridized carbons (Fsp3) is 1.00. The topological polar surface area (TPSA) is 24.5 Å². The van der Waals surface area contributed by atoms with Crippen molar-refractivity contribution in [1.29, 1.82) is 0 Å². The Morgan fingerprint density at radius 1 is 1.33 bits per heavy atom. The lowest BCUT2D eigenvalue weighted by atomic mass is 10.2. The van der Waals surface area contributed by atoms with E-state index in [4.69, 9.17) is 4.74 Å². The van der Waals surface area contributed by atoms with Crippen molar-refractivity contribution in [2.75, 3.05) is 33.3 Å². The minimum absolute atomic E-state index is 0. The zero-order chi connectivity index (χ0) is 6.97. The first-order valence-corrected chi connectivity index (χ1v) is 3.90. The van der Waals surface area contributed by atoms with Gasteiger partial charge in [-0.3, -0.25) is 0 Å². The van der Waals surface area contributed by atoms with Gasteiger partial charge in [0, 0.05) is 25.7 Å². The maximum atomic E-state index is 5.57. The normalized spacial score (nSPS) is 34.8. The second-order valence-electron chi connectivity index (χ2n) is 3.19. The molecule has 0 spiro atoms. The van der Waals surface area contributed by atoms with Crippen LogP contribution < -0.4 is 5.32 Å². The molecule has 0 aromatic rings. The number of rotatable bonds is 0. The maximum absolute atomic E-state index is 5.57. The Hall–Kier alpha value is 0.460. The van der Waals surface area contributed by atoms with Gasteiger partial charge < -0.3 is 15.0 Å². The molecular formula is C7H16Cl2N2O. The number of morpholine rings is 1. The molecule has 0 radical (unpaired) electrons. The number of likely N-dealkylation sites (tertiary alicyclic amines) is 1. The zero-order valence-corrected chi connectivity index (χ0v) is 8.79. The summed E-state index contributed by atoms with van der Waals surface area (Å²) < 4.78 is 5.57. The molecule has 74 valence electrons. The van der Waals surface area contributed by atoms with E-state index in [2.05, 4.69) is 17.3 Å². The summed E-state index contributed by atoms with van der Waals surface area (Å²) in [5.41, 5.74) is 0. The number of likely N-dealkylation sites (N-methyl/N-ethyl adjacent to an activating group) is 1. The van der Waals surface area contributed by atoms with Gasteiger partial charge in [-0.05, 0) is 7.05 Å². The summed E-state index contributed by atoms with van der Waals surface area (Å²) in [6, 6.07) is 0.596. The van der Waals surface area contributed by atoms with Gasteiger partial charge in [-0.1, -0.05) is 0 Å². The first-order valence-electron chi connectivity index (χ1n) is 3.90. The Labute approximate surface area is 85.6 Å². The molecule has 0 aliphatic carbocycles. The first kappa shape index (κ1) is 12.5. The van der Waals surface area contributed by atoms with Crippen LogP contribution in [0.4, 0.5) is 0 Å². The number of fused-ring (bicyclic) bond motifs is 1. The second kappa shape index (κ2) is 5.25. The number of hydrogen-bond acceptors (Lipinski definition) is 3. The van der Waals surface area contributed by atoms with E-state index in [9.17, 15) is 0 Å². The minimum Gasteiger partial charge on any atom is -0.374 e. The highest BCUT2D eigenvalue weighted by Crippen LogP contribution is 2.13. The molecule has 1 N–H and O–H groups in total. The van der Waals surface area contributed by atoms with Crippen molar-refractivity contribution in [3.05, 3.63) is 0 Å². The van der Waals surface area contributed by atoms with E-state index in [1.807, 2.05) is 0 Å². The zero-order valence-electron chi connectivity index (χ0n) is 7.16. The smallest absolute Gasteiger partial charge is 0.0867 e. The quantitative estimate of drug-likeness (QED) is 0.621. The largest absolute Gasteiger partial charge is 0.374 e. The second-order valence-corrected chi connectivity index (χ2v) is 3.19. The van der Waals surface area contributed by atoms with E-state index in [1.54, 1.807) is 0 Å². The number of ether oxygens (including phenoxy) is 1. The summed E-state index contributed by atoms with van der Waals surface area (Å²) in [6.07, 6.45) is 0.457. The van der Waals surface area contributed by atoms with E-state index in [0.29, 0.717) is 12.1 Å². The lowest BCUT2D eigenvalue weighted by Crippen LogP contribution is -2.47. The molecule has 3 nitrogen and oxygen atoms in total. The Kier molecular flexibility index (Phi) is 5.45. The highest BCUT2D eigenvalue weighted by atomic mass is 35.5. The van der Waals surface area contributed by atoms with Crippen molar-refractivity contribution in [2.24, 2.45) is 0 Å². The van der Waals surface area contributed by atoms with Gasteiger partial charge in [-0.15, -0.1) is 24.8 Å². The predicted octanol–water partition coefficient (Wildman–Crippen LogP) is 0.132. The molecule has 0 saturated carbocycles. The van der Waals surface area contributed by atoms with Crippen LogP contribution in [0.1, 0.15) is 0 Å². The molecule has 2 fully saturated rings. The van der Waals surface area contributed by atoms with Crippen LogP contribution in [-0.4, -0.2) is 50.3 Å². The van der Waals surface area contributed by atoms with Crippen molar-refractivity contribution in [1.82, 2.24) is 10.2 Å². The van der Waals surface area contributed by atoms with E-state index < -0.39 is 0 Å². The van der Waals surface area contributed by atoms with Crippen LogP contribution in [0.15, 0.2) is 0 Å². The van der Waals surface area contributed by atoms with E-state index in [1.165, 1.54) is 0 Å². The number of nitrogens with one attached hydrogen (secondary N) is 1. The monoisotopic (exact) mass is 214 g/mol. The van der Waals surface area contributed by atoms with Crippen LogP contribution in [-0.2, 0) is 4.74 Å². The van der Waals surface area contributed by atoms with Gasteiger partial charge in [0.15, 0.2) is 0 Å². The van der Waals surface area contributed by atoms with Gasteiger partial charge in [-0.2, -0.15) is 0 Å². The SMILES string of the molecule is CN1C[C@@H]2NCCO[C@@H]2C1.Cl.Cl. The van der Waals surface area contributed by atoms with Crippen LogP contribution in [0.3, 0.4) is 0 Å². The molecule has 12 heavy (non-hydrogen) atoms. The van der Waals surface area contributed by atoms with Crippen LogP contribution in [0.25, 0.3) is 0 Å². The van der Waals surface area contributed by atoms with Crippen molar-refractivity contribution in [3.8, 4) is 0 Å². The van der Waals surface area contributed by atoms with E-state index in [-0.39, 0.29) is 24.8 Å². The lowest BCUT2D eigenvalue weighted by Gasteiger charge is -2.25. The molecule has 2 atom stereocenters. The number of halogens is 2. The third kappa shape index (κ3) is 2.47. The average Bonchev–Trinajstić information content (AvgIpc) is 2.27. The fourth-order valence-electron chi connectivity index (χ4n) is 1.78. The van der Waals surface area contributed by atoms with Crippen LogP contribution >= 0.6 is 24.8 Å². The molecule has 0 unspecified atom stereocenters. The van der Waals surface area contributed by atoms with Crippen LogP contribution in [0.2, 0.25) is 0 Å². The molecule has 2 rings (SSSR count). The number of nitrogens with zero attached hydrogens (tertiary/aromatic N) is 1. The number of hydrogen-bond donors (Lipinski definition) is 1. The Morgan fingerprint density at radius 3 is 2.75 bits per heavy atom. The van der Waals surface area contributed by atoms with E-state index >= 15 is 0 Å². The summed E-state index contributed by atoms with van der Waals surface area (Å²) in [6.45, 7) is 4.15. The molecule has 0 amide bonds. The highest BCUT2D eigenvalue weighted by Gasteiger charge is 2.33. The maximum Gasteiger partial charge on any atom is 0.0867 e. The molecule has 0 aromatic carbocycles. The third-order valence-electron chi connectivity index (χ3n) is 2.29. The van der Waals surface area contributed by atoms with Crippen molar-refractivity contribution >= 4 is 24.8 Å². The molecule has 2 saturated heterocycles. The van der Waals surface area contributed by atoms with Gasteiger partial charge in [0.1, 0.15) is 0 Å². The average molecular weight is 215 g/mol. The van der Waals surface area contributed by atoms with Crippen LogP contribution in [0.5, 0.6) is 0 Å². The van der Waals surface area contributed by atoms with E-state index in [0.717, 1.165) is 26.2 Å². The van der Waals surface area contributed by atoms with Crippen molar-refractivity contribution < 1.29 is 4.74 Å². The standard InChI is InChI=1S/C7H14N2O.2ClH/c1-9-4-6-7(5-9)10-3-2-8-6;;/h6-8H,2-5H2,1H3;2*1H/t6-,7+;;/m0../s1. The fourth-order valence-corrected chi connectivity index (χ4v) is 1.78. The Morgan fingerprint density at radius 2 is 2.08 bits per heavy atom. The predicted molar refractivity (Wildman–Crippen MR) is 53.5 cm³/mol. The van der Waals surface area contributed by atoms with Crippen LogP contribution in [0, 0.1) is 0 Å². The summed E-state index contributed by atoms with van der Waals surface area (Å²) in [4.78, 5) is 2.31. The molecule has 2 heterocycles. The molecule has 2 aliphatic heterocycles. The van der Waals surface area contributed by atoms with Gasteiger partial charge in [0.05, 0.1) is 12.7 Å².